The Labute approximate surface area is 108 Å². The summed E-state index contributed by atoms with van der Waals surface area (Å²) in [7, 11) is 2.67. The van der Waals surface area contributed by atoms with Gasteiger partial charge < -0.3 is 5.73 Å². The number of hydrogen-bond acceptors (Lipinski definition) is 4. The van der Waals surface area contributed by atoms with Crippen LogP contribution in [0.1, 0.15) is 5.56 Å². The van der Waals surface area contributed by atoms with Crippen LogP contribution in [0.15, 0.2) is 38.6 Å². The van der Waals surface area contributed by atoms with Crippen LogP contribution >= 0.6 is 0 Å². The molecule has 0 fully saturated rings. The lowest BCUT2D eigenvalue weighted by Crippen LogP contribution is -2.52. The first-order valence-corrected chi connectivity index (χ1v) is 5.63. The van der Waals surface area contributed by atoms with Gasteiger partial charge in [0.1, 0.15) is 0 Å². The van der Waals surface area contributed by atoms with Crippen molar-refractivity contribution in [2.24, 2.45) is 14.1 Å². The second-order valence-corrected chi connectivity index (χ2v) is 4.29. The summed E-state index contributed by atoms with van der Waals surface area (Å²) in [5.74, 6) is 0. The van der Waals surface area contributed by atoms with Gasteiger partial charge in [0.25, 0.3) is 0 Å². The van der Waals surface area contributed by atoms with Gasteiger partial charge in [0, 0.05) is 19.8 Å². The van der Waals surface area contributed by atoms with Gasteiger partial charge >= 0.3 is 17.1 Å². The van der Waals surface area contributed by atoms with Gasteiger partial charge in [-0.3, -0.25) is 0 Å². The van der Waals surface area contributed by atoms with E-state index >= 15 is 0 Å². The maximum Gasteiger partial charge on any atom is 0.336 e. The van der Waals surface area contributed by atoms with E-state index in [0.717, 1.165) is 19.3 Å². The fraction of sp³-hybridized carbons (Fsp3) is 0.250. The Morgan fingerprint density at radius 2 is 1.37 bits per heavy atom. The van der Waals surface area contributed by atoms with Crippen LogP contribution in [-0.4, -0.2) is 13.7 Å². The summed E-state index contributed by atoms with van der Waals surface area (Å²) < 4.78 is 2.81. The molecule has 0 aliphatic carbocycles. The molecule has 7 heteroatoms. The Bertz CT molecular complexity index is 740. The highest BCUT2D eigenvalue weighted by molar-refractivity contribution is 5.39. The van der Waals surface area contributed by atoms with Crippen molar-refractivity contribution in [2.75, 3.05) is 5.73 Å². The highest BCUT2D eigenvalue weighted by Crippen LogP contribution is 2.05. The topological polar surface area (TPSA) is 92.0 Å². The van der Waals surface area contributed by atoms with Crippen LogP contribution in [0.4, 0.5) is 5.69 Å². The molecule has 2 N–H and O–H groups in total. The molecule has 0 bridgehead atoms. The minimum atomic E-state index is -0.636. The van der Waals surface area contributed by atoms with Crippen LogP contribution in [0.3, 0.4) is 0 Å². The van der Waals surface area contributed by atoms with Crippen molar-refractivity contribution in [2.45, 2.75) is 6.54 Å². The number of aromatic nitrogens is 3. The molecule has 100 valence electrons. The van der Waals surface area contributed by atoms with E-state index in [1.165, 1.54) is 14.1 Å². The van der Waals surface area contributed by atoms with Gasteiger partial charge in [-0.1, -0.05) is 12.1 Å². The van der Waals surface area contributed by atoms with Crippen molar-refractivity contribution in [3.63, 3.8) is 0 Å². The molecule has 0 atom stereocenters. The van der Waals surface area contributed by atoms with Crippen LogP contribution in [-0.2, 0) is 20.6 Å². The van der Waals surface area contributed by atoms with Crippen LogP contribution < -0.4 is 22.8 Å². The van der Waals surface area contributed by atoms with Crippen molar-refractivity contribution in [3.8, 4) is 0 Å². The molecule has 0 spiro atoms. The highest BCUT2D eigenvalue weighted by atomic mass is 16.2. The minimum Gasteiger partial charge on any atom is -0.399 e. The summed E-state index contributed by atoms with van der Waals surface area (Å²) in [5.41, 5.74) is 5.02. The molecule has 0 amide bonds. The van der Waals surface area contributed by atoms with E-state index in [2.05, 4.69) is 0 Å². The highest BCUT2D eigenvalue weighted by Gasteiger charge is 2.10. The van der Waals surface area contributed by atoms with Crippen LogP contribution in [0.5, 0.6) is 0 Å². The van der Waals surface area contributed by atoms with E-state index in [9.17, 15) is 14.4 Å². The lowest BCUT2D eigenvalue weighted by Gasteiger charge is -2.09. The summed E-state index contributed by atoms with van der Waals surface area (Å²) in [6.07, 6.45) is 0. The number of nitrogens with two attached hydrogens (primary N) is 1. The molecule has 1 aromatic heterocycles. The second kappa shape index (κ2) is 4.60. The molecule has 7 nitrogen and oxygen atoms in total. The molecule has 0 aliphatic heterocycles. The molecule has 0 saturated carbocycles. The van der Waals surface area contributed by atoms with E-state index in [1.54, 1.807) is 24.3 Å². The Balaban J connectivity index is 2.58. The van der Waals surface area contributed by atoms with Crippen molar-refractivity contribution in [1.29, 1.82) is 0 Å². The van der Waals surface area contributed by atoms with Crippen LogP contribution in [0.2, 0.25) is 0 Å². The Morgan fingerprint density at radius 3 is 1.84 bits per heavy atom. The van der Waals surface area contributed by atoms with Crippen LogP contribution in [0.25, 0.3) is 0 Å². The largest absolute Gasteiger partial charge is 0.399 e. The van der Waals surface area contributed by atoms with E-state index < -0.39 is 17.1 Å². The zero-order valence-electron chi connectivity index (χ0n) is 10.7. The fourth-order valence-electron chi connectivity index (χ4n) is 1.77. The fourth-order valence-corrected chi connectivity index (χ4v) is 1.77. The second-order valence-electron chi connectivity index (χ2n) is 4.29. The first-order chi connectivity index (χ1) is 8.91. The zero-order valence-corrected chi connectivity index (χ0v) is 10.7. The quantitative estimate of drug-likeness (QED) is 0.694. The van der Waals surface area contributed by atoms with Crippen LogP contribution in [0, 0.1) is 0 Å². The lowest BCUT2D eigenvalue weighted by atomic mass is 10.2. The Kier molecular flexibility index (Phi) is 3.12. The third-order valence-corrected chi connectivity index (χ3v) is 2.93. The van der Waals surface area contributed by atoms with Gasteiger partial charge in [0.15, 0.2) is 0 Å². The molecule has 0 radical (unpaired) electrons. The number of benzene rings is 1. The third kappa shape index (κ3) is 2.22. The minimum absolute atomic E-state index is 0.0971. The molecule has 0 unspecified atom stereocenters. The van der Waals surface area contributed by atoms with Gasteiger partial charge in [-0.15, -0.1) is 0 Å². The SMILES string of the molecule is Cn1c(=O)n(C)c(=O)n(Cc2ccc(N)cc2)c1=O. The summed E-state index contributed by atoms with van der Waals surface area (Å²) in [5, 5.41) is 0. The zero-order chi connectivity index (χ0) is 14.2. The molecule has 19 heavy (non-hydrogen) atoms. The van der Waals surface area contributed by atoms with Gasteiger partial charge in [0.05, 0.1) is 6.54 Å². The average molecular weight is 262 g/mol. The van der Waals surface area contributed by atoms with Gasteiger partial charge in [0.2, 0.25) is 0 Å². The van der Waals surface area contributed by atoms with E-state index in [-0.39, 0.29) is 6.54 Å². The normalized spacial score (nSPS) is 10.6. The standard InChI is InChI=1S/C12H14N4O3/c1-14-10(17)15(2)12(19)16(11(14)18)7-8-3-5-9(13)6-4-8/h3-6H,7,13H2,1-2H3. The number of nitrogens with zero attached hydrogens (tertiary/aromatic N) is 3. The number of rotatable bonds is 2. The number of hydrogen-bond donors (Lipinski definition) is 1. The smallest absolute Gasteiger partial charge is 0.336 e. The molecule has 1 heterocycles. The predicted octanol–water partition coefficient (Wildman–Crippen LogP) is -1.12. The van der Waals surface area contributed by atoms with Crippen molar-refractivity contribution < 1.29 is 0 Å². The predicted molar refractivity (Wildman–Crippen MR) is 71.1 cm³/mol. The molecular weight excluding hydrogens is 248 g/mol. The third-order valence-electron chi connectivity index (χ3n) is 2.93. The van der Waals surface area contributed by atoms with Gasteiger partial charge in [-0.2, -0.15) is 0 Å². The molecule has 2 aromatic rings. The molecule has 1 aromatic carbocycles. The lowest BCUT2D eigenvalue weighted by molar-refractivity contribution is 0.528. The van der Waals surface area contributed by atoms with E-state index in [1.807, 2.05) is 0 Å². The summed E-state index contributed by atoms with van der Waals surface area (Å²) in [4.78, 5) is 35.4. The first kappa shape index (κ1) is 12.9. The summed E-state index contributed by atoms with van der Waals surface area (Å²) in [6.45, 7) is 0.0971. The Hall–Kier alpha value is -2.57. The molecular formula is C12H14N4O3. The molecule has 0 saturated heterocycles. The number of nitrogen functional groups attached to an aromatic ring is 1. The number of anilines is 1. The summed E-state index contributed by atoms with van der Waals surface area (Å²) in [6, 6.07) is 6.83. The van der Waals surface area contributed by atoms with E-state index in [4.69, 9.17) is 5.73 Å². The monoisotopic (exact) mass is 262 g/mol. The molecule has 2 rings (SSSR count). The van der Waals surface area contributed by atoms with E-state index in [0.29, 0.717) is 5.69 Å². The van der Waals surface area contributed by atoms with Gasteiger partial charge in [-0.05, 0) is 17.7 Å². The maximum atomic E-state index is 11.9. The Morgan fingerprint density at radius 1 is 0.895 bits per heavy atom. The molecule has 0 aliphatic rings. The van der Waals surface area contributed by atoms with Crippen molar-refractivity contribution in [3.05, 3.63) is 61.3 Å². The van der Waals surface area contributed by atoms with Crippen molar-refractivity contribution in [1.82, 2.24) is 13.7 Å². The van der Waals surface area contributed by atoms with Crippen molar-refractivity contribution >= 4 is 5.69 Å². The first-order valence-electron chi connectivity index (χ1n) is 5.63. The summed E-state index contributed by atoms with van der Waals surface area (Å²) >= 11 is 0. The maximum absolute atomic E-state index is 11.9. The van der Waals surface area contributed by atoms with Gasteiger partial charge in [-0.25, -0.2) is 28.1 Å². The average Bonchev–Trinajstić information content (AvgIpc) is 2.41.